The molecule has 2 aliphatic heterocycles. The average Bonchev–Trinajstić information content (AvgIpc) is 3.01. The second-order valence-electron chi connectivity index (χ2n) is 6.20. The van der Waals surface area contributed by atoms with Gasteiger partial charge in [0.1, 0.15) is 0 Å². The highest BCUT2D eigenvalue weighted by molar-refractivity contribution is 8.02. The van der Waals surface area contributed by atoms with E-state index in [9.17, 15) is 0 Å². The number of likely N-dealkylation sites (tertiary alicyclic amines) is 1. The summed E-state index contributed by atoms with van der Waals surface area (Å²) in [5.41, 5.74) is 3.87. The zero-order valence-corrected chi connectivity index (χ0v) is 14.2. The van der Waals surface area contributed by atoms with Gasteiger partial charge < -0.3 is 4.90 Å². The van der Waals surface area contributed by atoms with Gasteiger partial charge in [-0.2, -0.15) is 0 Å². The molecule has 23 heavy (non-hydrogen) atoms. The molecule has 4 heteroatoms. The van der Waals surface area contributed by atoms with Crippen molar-refractivity contribution < 1.29 is 0 Å². The molecule has 0 N–H and O–H groups in total. The van der Waals surface area contributed by atoms with Crippen LogP contribution in [0, 0.1) is 0 Å². The minimum absolute atomic E-state index is 1.07. The predicted molar refractivity (Wildman–Crippen MR) is 100 cm³/mol. The molecule has 0 amide bonds. The van der Waals surface area contributed by atoms with Crippen LogP contribution >= 0.6 is 12.1 Å². The topological polar surface area (TPSA) is 9.72 Å². The third kappa shape index (κ3) is 3.19. The van der Waals surface area contributed by atoms with E-state index in [-0.39, 0.29) is 0 Å². The van der Waals surface area contributed by atoms with E-state index in [0.29, 0.717) is 0 Å². The number of para-hydroxylation sites is 3. The van der Waals surface area contributed by atoms with Crippen LogP contribution in [0.3, 0.4) is 0 Å². The SMILES string of the molecule is c1ccc(N2SN(CCN3CCCCC3)c3ccccc32)cc1. The van der Waals surface area contributed by atoms with Crippen LogP contribution in [0.4, 0.5) is 17.1 Å². The fourth-order valence-electron chi connectivity index (χ4n) is 3.36. The Morgan fingerprint density at radius 2 is 1.43 bits per heavy atom. The van der Waals surface area contributed by atoms with E-state index in [1.165, 1.54) is 49.4 Å². The molecule has 1 fully saturated rings. The van der Waals surface area contributed by atoms with Gasteiger partial charge >= 0.3 is 0 Å². The van der Waals surface area contributed by atoms with Crippen LogP contribution in [0.2, 0.25) is 0 Å². The smallest absolute Gasteiger partial charge is 0.0784 e. The number of rotatable bonds is 4. The van der Waals surface area contributed by atoms with E-state index in [4.69, 9.17) is 0 Å². The molecule has 0 bridgehead atoms. The first-order chi connectivity index (χ1) is 11.4. The first-order valence-corrected chi connectivity index (χ1v) is 9.27. The maximum absolute atomic E-state index is 2.61. The van der Waals surface area contributed by atoms with Crippen molar-refractivity contribution in [1.82, 2.24) is 4.90 Å². The van der Waals surface area contributed by atoms with Crippen molar-refractivity contribution in [2.24, 2.45) is 0 Å². The molecule has 2 heterocycles. The normalized spacial score (nSPS) is 18.3. The van der Waals surface area contributed by atoms with Gasteiger partial charge in [-0.3, -0.25) is 8.61 Å². The lowest BCUT2D eigenvalue weighted by Gasteiger charge is -2.28. The summed E-state index contributed by atoms with van der Waals surface area (Å²) in [5, 5.41) is 0. The zero-order valence-electron chi connectivity index (χ0n) is 13.4. The molecular formula is C19H23N3S. The average molecular weight is 325 g/mol. The minimum Gasteiger partial charge on any atom is -0.302 e. The Morgan fingerprint density at radius 1 is 0.739 bits per heavy atom. The third-order valence-corrected chi connectivity index (χ3v) is 5.76. The van der Waals surface area contributed by atoms with Crippen molar-refractivity contribution in [2.45, 2.75) is 19.3 Å². The van der Waals surface area contributed by atoms with Crippen molar-refractivity contribution in [3.8, 4) is 0 Å². The lowest BCUT2D eigenvalue weighted by molar-refractivity contribution is 0.235. The number of fused-ring (bicyclic) bond motifs is 1. The number of hydrogen-bond donors (Lipinski definition) is 0. The number of benzene rings is 2. The molecule has 0 saturated carbocycles. The number of anilines is 3. The molecule has 3 nitrogen and oxygen atoms in total. The molecule has 0 atom stereocenters. The molecule has 2 aromatic carbocycles. The summed E-state index contributed by atoms with van der Waals surface area (Å²) in [4.78, 5) is 2.61. The lowest BCUT2D eigenvalue weighted by atomic mass is 10.1. The lowest BCUT2D eigenvalue weighted by Crippen LogP contribution is -2.35. The van der Waals surface area contributed by atoms with Gasteiger partial charge in [-0.25, -0.2) is 0 Å². The van der Waals surface area contributed by atoms with E-state index in [2.05, 4.69) is 68.1 Å². The van der Waals surface area contributed by atoms with Gasteiger partial charge in [-0.05, 0) is 50.2 Å². The van der Waals surface area contributed by atoms with E-state index in [0.717, 1.165) is 13.1 Å². The third-order valence-electron chi connectivity index (χ3n) is 4.61. The van der Waals surface area contributed by atoms with Crippen LogP contribution in [0.15, 0.2) is 54.6 Å². The number of piperidine rings is 1. The van der Waals surface area contributed by atoms with Crippen molar-refractivity contribution >= 4 is 29.2 Å². The van der Waals surface area contributed by atoms with Gasteiger partial charge in [0.25, 0.3) is 0 Å². The maximum Gasteiger partial charge on any atom is 0.0784 e. The molecule has 4 rings (SSSR count). The second-order valence-corrected chi connectivity index (χ2v) is 7.17. The van der Waals surface area contributed by atoms with Gasteiger partial charge in [0.2, 0.25) is 0 Å². The minimum atomic E-state index is 1.07. The van der Waals surface area contributed by atoms with Crippen LogP contribution in [0.25, 0.3) is 0 Å². The Morgan fingerprint density at radius 3 is 2.22 bits per heavy atom. The molecule has 2 aromatic rings. The summed E-state index contributed by atoms with van der Waals surface area (Å²) in [6.07, 6.45) is 4.12. The zero-order chi connectivity index (χ0) is 15.5. The molecule has 0 aromatic heterocycles. The van der Waals surface area contributed by atoms with Crippen LogP contribution in [-0.4, -0.2) is 31.1 Å². The van der Waals surface area contributed by atoms with Crippen LogP contribution < -0.4 is 8.61 Å². The molecule has 2 aliphatic rings. The monoisotopic (exact) mass is 325 g/mol. The molecule has 120 valence electrons. The second kappa shape index (κ2) is 6.85. The highest BCUT2D eigenvalue weighted by Crippen LogP contribution is 2.48. The summed E-state index contributed by atoms with van der Waals surface area (Å²) in [7, 11) is 0. The quantitative estimate of drug-likeness (QED) is 0.754. The molecule has 1 saturated heterocycles. The van der Waals surface area contributed by atoms with Crippen molar-refractivity contribution in [1.29, 1.82) is 0 Å². The molecule has 0 radical (unpaired) electrons. The maximum atomic E-state index is 2.61. The summed E-state index contributed by atoms with van der Waals surface area (Å²) < 4.78 is 4.78. The Hall–Kier alpha value is -1.65. The summed E-state index contributed by atoms with van der Waals surface area (Å²) in [5.74, 6) is 0. The van der Waals surface area contributed by atoms with Crippen molar-refractivity contribution in [3.63, 3.8) is 0 Å². The van der Waals surface area contributed by atoms with Crippen molar-refractivity contribution in [2.75, 3.05) is 34.8 Å². The highest BCUT2D eigenvalue weighted by atomic mass is 32.2. The molecule has 0 spiro atoms. The Labute approximate surface area is 143 Å². The molecule has 0 unspecified atom stereocenters. The Bertz CT molecular complexity index is 640. The van der Waals surface area contributed by atoms with Crippen LogP contribution in [0.5, 0.6) is 0 Å². The Kier molecular flexibility index (Phi) is 4.44. The van der Waals surface area contributed by atoms with E-state index in [1.807, 2.05) is 12.1 Å². The number of nitrogens with zero attached hydrogens (tertiary/aromatic N) is 3. The van der Waals surface area contributed by atoms with Gasteiger partial charge in [0.15, 0.2) is 0 Å². The van der Waals surface area contributed by atoms with E-state index in [1.54, 1.807) is 0 Å². The summed E-state index contributed by atoms with van der Waals surface area (Å²) in [6, 6.07) is 19.4. The van der Waals surface area contributed by atoms with Crippen molar-refractivity contribution in [3.05, 3.63) is 54.6 Å². The summed E-state index contributed by atoms with van der Waals surface area (Å²) >= 11 is 1.82. The van der Waals surface area contributed by atoms with Gasteiger partial charge in [0, 0.05) is 13.1 Å². The van der Waals surface area contributed by atoms with Crippen LogP contribution in [-0.2, 0) is 0 Å². The highest BCUT2D eigenvalue weighted by Gasteiger charge is 2.28. The number of hydrogen-bond acceptors (Lipinski definition) is 4. The fourth-order valence-corrected chi connectivity index (χ4v) is 4.42. The largest absolute Gasteiger partial charge is 0.302 e. The fraction of sp³-hybridized carbons (Fsp3) is 0.368. The summed E-state index contributed by atoms with van der Waals surface area (Å²) in [6.45, 7) is 4.76. The first kappa shape index (κ1) is 14.9. The molecule has 0 aliphatic carbocycles. The molecular weight excluding hydrogens is 302 g/mol. The standard InChI is InChI=1S/C19H23N3S/c1-3-9-17(10-4-1)22-19-12-6-5-11-18(19)21(23-22)16-15-20-13-7-2-8-14-20/h1,3-6,9-12H,2,7-8,13-16H2. The van der Waals surface area contributed by atoms with Gasteiger partial charge in [0.05, 0.1) is 29.2 Å². The predicted octanol–water partition coefficient (Wildman–Crippen LogP) is 4.69. The van der Waals surface area contributed by atoms with Gasteiger partial charge in [-0.15, -0.1) is 0 Å². The first-order valence-electron chi connectivity index (χ1n) is 8.54. The Balaban J connectivity index is 1.50. The van der Waals surface area contributed by atoms with Crippen LogP contribution in [0.1, 0.15) is 19.3 Å². The van der Waals surface area contributed by atoms with Gasteiger partial charge in [-0.1, -0.05) is 36.8 Å². The van der Waals surface area contributed by atoms with E-state index >= 15 is 0 Å². The van der Waals surface area contributed by atoms with E-state index < -0.39 is 0 Å².